The van der Waals surface area contributed by atoms with Crippen LogP contribution in [0.2, 0.25) is 5.02 Å². The highest BCUT2D eigenvalue weighted by molar-refractivity contribution is 6.35. The topological polar surface area (TPSA) is 25.2 Å². The van der Waals surface area contributed by atoms with Crippen molar-refractivity contribution in [2.45, 2.75) is 33.4 Å². The lowest BCUT2D eigenvalue weighted by molar-refractivity contribution is 0.572. The molecule has 1 aromatic heterocycles. The standard InChI is InChI=1S/C13H16ClNO/c1-8(2)15-6-10-7-16-13-11(14)5-4-9(3)12(10)13/h4-5,7-8,15H,6H2,1-3H3. The average molecular weight is 238 g/mol. The van der Waals surface area contributed by atoms with Crippen LogP contribution >= 0.6 is 11.6 Å². The number of halogens is 1. The average Bonchev–Trinajstić information content (AvgIpc) is 2.65. The summed E-state index contributed by atoms with van der Waals surface area (Å²) in [6, 6.07) is 4.37. The van der Waals surface area contributed by atoms with Gasteiger partial charge in [0.05, 0.1) is 11.3 Å². The molecule has 0 saturated heterocycles. The Hall–Kier alpha value is -0.990. The molecule has 0 aliphatic heterocycles. The Morgan fingerprint density at radius 3 is 2.81 bits per heavy atom. The van der Waals surface area contributed by atoms with Crippen molar-refractivity contribution in [3.05, 3.63) is 34.5 Å². The van der Waals surface area contributed by atoms with Crippen LogP contribution in [0, 0.1) is 6.92 Å². The maximum atomic E-state index is 6.09. The molecule has 0 amide bonds. The van der Waals surface area contributed by atoms with Gasteiger partial charge in [-0.15, -0.1) is 0 Å². The lowest BCUT2D eigenvalue weighted by atomic mass is 10.1. The number of hydrogen-bond donors (Lipinski definition) is 1. The minimum Gasteiger partial charge on any atom is -0.462 e. The lowest BCUT2D eigenvalue weighted by Crippen LogP contribution is -2.21. The number of fused-ring (bicyclic) bond motifs is 1. The van der Waals surface area contributed by atoms with Crippen LogP contribution in [0.3, 0.4) is 0 Å². The fourth-order valence-corrected chi connectivity index (χ4v) is 2.01. The Morgan fingerprint density at radius 1 is 1.38 bits per heavy atom. The van der Waals surface area contributed by atoms with Crippen LogP contribution in [-0.4, -0.2) is 6.04 Å². The van der Waals surface area contributed by atoms with Crippen LogP contribution in [-0.2, 0) is 6.54 Å². The van der Waals surface area contributed by atoms with E-state index in [1.165, 1.54) is 11.1 Å². The third-order valence-electron chi connectivity index (χ3n) is 2.66. The molecule has 0 saturated carbocycles. The van der Waals surface area contributed by atoms with Crippen LogP contribution in [0.4, 0.5) is 0 Å². The molecule has 0 bridgehead atoms. The summed E-state index contributed by atoms with van der Waals surface area (Å²) >= 11 is 6.09. The predicted molar refractivity (Wildman–Crippen MR) is 67.9 cm³/mol. The van der Waals surface area contributed by atoms with Crippen molar-refractivity contribution in [2.75, 3.05) is 0 Å². The number of aryl methyl sites for hydroxylation is 1. The molecule has 0 aliphatic carbocycles. The van der Waals surface area contributed by atoms with E-state index in [0.29, 0.717) is 11.1 Å². The molecule has 1 heterocycles. The predicted octanol–water partition coefficient (Wildman–Crippen LogP) is 3.89. The Kier molecular flexibility index (Phi) is 3.22. The highest BCUT2D eigenvalue weighted by Crippen LogP contribution is 2.30. The number of nitrogens with one attached hydrogen (secondary N) is 1. The second kappa shape index (κ2) is 4.48. The fourth-order valence-electron chi connectivity index (χ4n) is 1.80. The Labute approximate surface area is 101 Å². The molecule has 3 heteroatoms. The molecule has 0 radical (unpaired) electrons. The molecule has 0 unspecified atom stereocenters. The van der Waals surface area contributed by atoms with Crippen molar-refractivity contribution in [3.63, 3.8) is 0 Å². The van der Waals surface area contributed by atoms with E-state index in [1.807, 2.05) is 12.1 Å². The van der Waals surface area contributed by atoms with Gasteiger partial charge in [-0.1, -0.05) is 31.5 Å². The van der Waals surface area contributed by atoms with Crippen molar-refractivity contribution >= 4 is 22.6 Å². The van der Waals surface area contributed by atoms with Crippen molar-refractivity contribution in [3.8, 4) is 0 Å². The summed E-state index contributed by atoms with van der Waals surface area (Å²) in [6.07, 6.45) is 1.79. The summed E-state index contributed by atoms with van der Waals surface area (Å²) in [5.74, 6) is 0. The molecule has 0 aliphatic rings. The van der Waals surface area contributed by atoms with Gasteiger partial charge in [-0.3, -0.25) is 0 Å². The Bertz CT molecular complexity index is 502. The summed E-state index contributed by atoms with van der Waals surface area (Å²) in [4.78, 5) is 0. The van der Waals surface area contributed by atoms with E-state index in [4.69, 9.17) is 16.0 Å². The lowest BCUT2D eigenvalue weighted by Gasteiger charge is -2.07. The van der Waals surface area contributed by atoms with Crippen LogP contribution in [0.1, 0.15) is 25.0 Å². The molecular formula is C13H16ClNO. The molecule has 0 atom stereocenters. The number of hydrogen-bond acceptors (Lipinski definition) is 2. The van der Waals surface area contributed by atoms with Gasteiger partial charge in [0.25, 0.3) is 0 Å². The first-order valence-corrected chi connectivity index (χ1v) is 5.86. The van der Waals surface area contributed by atoms with Crippen molar-refractivity contribution in [2.24, 2.45) is 0 Å². The zero-order valence-corrected chi connectivity index (χ0v) is 10.6. The minimum absolute atomic E-state index is 0.462. The number of furan rings is 1. The molecular weight excluding hydrogens is 222 g/mol. The zero-order chi connectivity index (χ0) is 11.7. The molecule has 16 heavy (non-hydrogen) atoms. The van der Waals surface area contributed by atoms with E-state index in [-0.39, 0.29) is 0 Å². The van der Waals surface area contributed by atoms with Gasteiger partial charge in [0.2, 0.25) is 0 Å². The van der Waals surface area contributed by atoms with Gasteiger partial charge >= 0.3 is 0 Å². The first-order chi connectivity index (χ1) is 7.59. The monoisotopic (exact) mass is 237 g/mol. The Morgan fingerprint density at radius 2 is 2.12 bits per heavy atom. The van der Waals surface area contributed by atoms with Gasteiger partial charge in [0.15, 0.2) is 5.58 Å². The highest BCUT2D eigenvalue weighted by Gasteiger charge is 2.11. The van der Waals surface area contributed by atoms with Gasteiger partial charge in [-0.25, -0.2) is 0 Å². The maximum absolute atomic E-state index is 6.09. The van der Waals surface area contributed by atoms with Crippen molar-refractivity contribution in [1.82, 2.24) is 5.32 Å². The quantitative estimate of drug-likeness (QED) is 0.876. The molecule has 1 N–H and O–H groups in total. The van der Waals surface area contributed by atoms with Gasteiger partial charge < -0.3 is 9.73 Å². The van der Waals surface area contributed by atoms with E-state index in [9.17, 15) is 0 Å². The maximum Gasteiger partial charge on any atom is 0.153 e. The number of benzene rings is 1. The van der Waals surface area contributed by atoms with Crippen LogP contribution < -0.4 is 5.32 Å². The van der Waals surface area contributed by atoms with Crippen LogP contribution in [0.25, 0.3) is 11.0 Å². The molecule has 2 nitrogen and oxygen atoms in total. The van der Waals surface area contributed by atoms with E-state index < -0.39 is 0 Å². The first-order valence-electron chi connectivity index (χ1n) is 5.48. The van der Waals surface area contributed by atoms with Gasteiger partial charge in [0, 0.05) is 23.5 Å². The third kappa shape index (κ3) is 2.08. The summed E-state index contributed by atoms with van der Waals surface area (Å²) < 4.78 is 5.52. The molecule has 0 fully saturated rings. The van der Waals surface area contributed by atoms with E-state index in [1.54, 1.807) is 6.26 Å². The van der Waals surface area contributed by atoms with Crippen molar-refractivity contribution < 1.29 is 4.42 Å². The molecule has 0 spiro atoms. The summed E-state index contributed by atoms with van der Waals surface area (Å²) in [5.41, 5.74) is 3.17. The smallest absolute Gasteiger partial charge is 0.153 e. The molecule has 2 rings (SSSR count). The zero-order valence-electron chi connectivity index (χ0n) is 9.80. The highest BCUT2D eigenvalue weighted by atomic mass is 35.5. The van der Waals surface area contributed by atoms with Gasteiger partial charge in [0.1, 0.15) is 0 Å². The molecule has 2 aromatic rings. The minimum atomic E-state index is 0.462. The number of rotatable bonds is 3. The molecule has 86 valence electrons. The Balaban J connectivity index is 2.43. The summed E-state index contributed by atoms with van der Waals surface area (Å²) in [7, 11) is 0. The SMILES string of the molecule is Cc1ccc(Cl)c2occ(CNC(C)C)c12. The largest absolute Gasteiger partial charge is 0.462 e. The van der Waals surface area contributed by atoms with Crippen molar-refractivity contribution in [1.29, 1.82) is 0 Å². The van der Waals surface area contributed by atoms with Crippen LogP contribution in [0.5, 0.6) is 0 Å². The van der Waals surface area contributed by atoms with E-state index in [0.717, 1.165) is 17.5 Å². The van der Waals surface area contributed by atoms with E-state index in [2.05, 4.69) is 26.1 Å². The second-order valence-corrected chi connectivity index (χ2v) is 4.77. The first kappa shape index (κ1) is 11.5. The molecule has 1 aromatic carbocycles. The van der Waals surface area contributed by atoms with Gasteiger partial charge in [-0.05, 0) is 18.6 Å². The normalized spacial score (nSPS) is 11.6. The summed E-state index contributed by atoms with van der Waals surface area (Å²) in [5, 5.41) is 5.20. The van der Waals surface area contributed by atoms with Gasteiger partial charge in [-0.2, -0.15) is 0 Å². The van der Waals surface area contributed by atoms with Crippen LogP contribution in [0.15, 0.2) is 22.8 Å². The third-order valence-corrected chi connectivity index (χ3v) is 2.96. The fraction of sp³-hybridized carbons (Fsp3) is 0.385. The summed E-state index contributed by atoms with van der Waals surface area (Å²) in [6.45, 7) is 7.14. The second-order valence-electron chi connectivity index (χ2n) is 4.36. The van der Waals surface area contributed by atoms with E-state index >= 15 is 0 Å².